The van der Waals surface area contributed by atoms with Gasteiger partial charge in [0.25, 0.3) is 0 Å². The number of ether oxygens (including phenoxy) is 2. The summed E-state index contributed by atoms with van der Waals surface area (Å²) in [6.07, 6.45) is 57.3. The molecule has 1 atom stereocenters. The maximum absolute atomic E-state index is 12.1. The zero-order valence-electron chi connectivity index (χ0n) is 31.6. The molecule has 5 nitrogen and oxygen atoms in total. The van der Waals surface area contributed by atoms with E-state index in [1.807, 2.05) is 12.2 Å². The Balaban J connectivity index is 3.82. The van der Waals surface area contributed by atoms with E-state index in [4.69, 9.17) is 9.47 Å². The highest BCUT2D eigenvalue weighted by Crippen LogP contribution is 2.08. The Bertz CT molecular complexity index is 1050. The number of aliphatic hydroxyl groups excluding tert-OH is 1. The zero-order valence-corrected chi connectivity index (χ0v) is 31.6. The normalized spacial score (nSPS) is 13.4. The number of aliphatic hydroxyl groups is 1. The molecular weight excluding hydrogens is 620 g/mol. The second kappa shape index (κ2) is 40.0. The van der Waals surface area contributed by atoms with Crippen LogP contribution in [0.3, 0.4) is 0 Å². The number of hydrogen-bond acceptors (Lipinski definition) is 5. The molecule has 0 fully saturated rings. The van der Waals surface area contributed by atoms with Crippen LogP contribution < -0.4 is 0 Å². The van der Waals surface area contributed by atoms with Gasteiger partial charge in [-0.25, -0.2) is 0 Å². The first-order chi connectivity index (χ1) is 24.6. The SMILES string of the molecule is CCC=CCC=CCC=CCC=CCC=CCC=CCCC(=O)O[C@@H](CO)COC(=O)CCCC=CCC=CCC=CCCCCCCCC. The number of carbonyl (C=O) groups is 2. The molecule has 0 amide bonds. The molecule has 50 heavy (non-hydrogen) atoms. The van der Waals surface area contributed by atoms with Crippen LogP contribution in [0.5, 0.6) is 0 Å². The van der Waals surface area contributed by atoms with E-state index in [1.54, 1.807) is 0 Å². The lowest BCUT2D eigenvalue weighted by atomic mass is 10.1. The standard InChI is InChI=1S/C45H70O5/c1-3-5-7-9-11-13-15-17-19-21-22-24-26-28-30-32-34-36-38-40-45(48)50-43(41-46)42-49-44(47)39-37-35-33-31-29-27-25-23-20-18-16-14-12-10-8-6-4-2/h5,7,11,13,17-20,22,24-25,27-28,30-31,33-34,36,43,46H,3-4,6,8-10,12,14-16,21,23,26,29,32,35,37-42H2,1-2H3/t43-/m0/s1. The first-order valence-electron chi connectivity index (χ1n) is 19.4. The quantitative estimate of drug-likeness (QED) is 0.0421. The lowest BCUT2D eigenvalue weighted by molar-refractivity contribution is -0.161. The third kappa shape index (κ3) is 37.4. The zero-order chi connectivity index (χ0) is 36.4. The van der Waals surface area contributed by atoms with Crippen LogP contribution >= 0.6 is 0 Å². The largest absolute Gasteiger partial charge is 0.462 e. The number of unbranched alkanes of at least 4 members (excludes halogenated alkanes) is 7. The monoisotopic (exact) mass is 691 g/mol. The van der Waals surface area contributed by atoms with Crippen molar-refractivity contribution in [2.45, 2.75) is 148 Å². The molecule has 0 aromatic heterocycles. The van der Waals surface area contributed by atoms with Crippen molar-refractivity contribution in [3.05, 3.63) is 109 Å². The molecule has 0 aliphatic heterocycles. The fourth-order valence-corrected chi connectivity index (χ4v) is 4.65. The summed E-state index contributed by atoms with van der Waals surface area (Å²) in [4.78, 5) is 24.2. The number of rotatable bonds is 33. The van der Waals surface area contributed by atoms with Gasteiger partial charge in [0.05, 0.1) is 6.61 Å². The van der Waals surface area contributed by atoms with Crippen molar-refractivity contribution in [1.82, 2.24) is 0 Å². The van der Waals surface area contributed by atoms with Crippen molar-refractivity contribution in [2.24, 2.45) is 0 Å². The maximum Gasteiger partial charge on any atom is 0.306 e. The van der Waals surface area contributed by atoms with Gasteiger partial charge in [-0.15, -0.1) is 0 Å². The van der Waals surface area contributed by atoms with Gasteiger partial charge in [0.2, 0.25) is 0 Å². The highest BCUT2D eigenvalue weighted by atomic mass is 16.6. The molecule has 0 spiro atoms. The van der Waals surface area contributed by atoms with Crippen molar-refractivity contribution in [3.63, 3.8) is 0 Å². The van der Waals surface area contributed by atoms with E-state index < -0.39 is 12.1 Å². The van der Waals surface area contributed by atoms with E-state index in [0.717, 1.165) is 57.8 Å². The molecule has 280 valence electrons. The minimum absolute atomic E-state index is 0.130. The minimum atomic E-state index is -0.839. The number of hydrogen-bond donors (Lipinski definition) is 1. The summed E-state index contributed by atoms with van der Waals surface area (Å²) in [6.45, 7) is 3.88. The Morgan fingerprint density at radius 1 is 0.480 bits per heavy atom. The van der Waals surface area contributed by atoms with Gasteiger partial charge >= 0.3 is 11.9 Å². The number of carbonyl (C=O) groups excluding carboxylic acids is 2. The molecule has 1 N–H and O–H groups in total. The first kappa shape index (κ1) is 46.6. The predicted molar refractivity (Wildman–Crippen MR) is 214 cm³/mol. The van der Waals surface area contributed by atoms with Gasteiger partial charge in [-0.1, -0.05) is 155 Å². The van der Waals surface area contributed by atoms with Gasteiger partial charge in [0, 0.05) is 12.8 Å². The fraction of sp³-hybridized carbons (Fsp3) is 0.556. The van der Waals surface area contributed by atoms with Crippen LogP contribution in [0.25, 0.3) is 0 Å². The maximum atomic E-state index is 12.1. The summed E-state index contributed by atoms with van der Waals surface area (Å²) in [5.74, 6) is -0.762. The highest BCUT2D eigenvalue weighted by molar-refractivity contribution is 5.70. The third-order valence-corrected chi connectivity index (χ3v) is 7.56. The van der Waals surface area contributed by atoms with E-state index in [1.165, 1.54) is 44.9 Å². The molecule has 0 heterocycles. The van der Waals surface area contributed by atoms with Crippen LogP contribution in [0.4, 0.5) is 0 Å². The topological polar surface area (TPSA) is 72.8 Å². The molecular formula is C45H70O5. The van der Waals surface area contributed by atoms with Crippen molar-refractivity contribution in [2.75, 3.05) is 13.2 Å². The Hall–Kier alpha value is -3.44. The van der Waals surface area contributed by atoms with E-state index in [-0.39, 0.29) is 25.6 Å². The van der Waals surface area contributed by atoms with Gasteiger partial charge in [-0.2, -0.15) is 0 Å². The van der Waals surface area contributed by atoms with Gasteiger partial charge in [0.15, 0.2) is 6.10 Å². The van der Waals surface area contributed by atoms with Crippen LogP contribution in [0.1, 0.15) is 142 Å². The number of esters is 2. The molecule has 0 aliphatic carbocycles. The molecule has 0 saturated heterocycles. The molecule has 0 aliphatic rings. The molecule has 0 aromatic carbocycles. The van der Waals surface area contributed by atoms with Crippen molar-refractivity contribution in [3.8, 4) is 0 Å². The molecule has 5 heteroatoms. The summed E-state index contributed by atoms with van der Waals surface area (Å²) >= 11 is 0. The van der Waals surface area contributed by atoms with Gasteiger partial charge in [-0.05, 0) is 83.5 Å². The van der Waals surface area contributed by atoms with E-state index >= 15 is 0 Å². The average Bonchev–Trinajstić information content (AvgIpc) is 3.12. The average molecular weight is 691 g/mol. The molecule has 0 rings (SSSR count). The second-order valence-electron chi connectivity index (χ2n) is 12.3. The smallest absolute Gasteiger partial charge is 0.306 e. The second-order valence-corrected chi connectivity index (χ2v) is 12.3. The van der Waals surface area contributed by atoms with Gasteiger partial charge in [-0.3, -0.25) is 9.59 Å². The Morgan fingerprint density at radius 2 is 0.900 bits per heavy atom. The Morgan fingerprint density at radius 3 is 1.38 bits per heavy atom. The van der Waals surface area contributed by atoms with E-state index in [0.29, 0.717) is 19.3 Å². The van der Waals surface area contributed by atoms with Crippen LogP contribution in [-0.4, -0.2) is 36.4 Å². The van der Waals surface area contributed by atoms with E-state index in [2.05, 4.69) is 111 Å². The molecule has 0 bridgehead atoms. The van der Waals surface area contributed by atoms with Gasteiger partial charge in [0.1, 0.15) is 6.61 Å². The fourth-order valence-electron chi connectivity index (χ4n) is 4.65. The van der Waals surface area contributed by atoms with Crippen molar-refractivity contribution < 1.29 is 24.2 Å². The third-order valence-electron chi connectivity index (χ3n) is 7.56. The summed E-state index contributed by atoms with van der Waals surface area (Å²) in [5.41, 5.74) is 0. The van der Waals surface area contributed by atoms with E-state index in [9.17, 15) is 14.7 Å². The first-order valence-corrected chi connectivity index (χ1v) is 19.4. The van der Waals surface area contributed by atoms with Gasteiger partial charge < -0.3 is 14.6 Å². The summed E-state index contributed by atoms with van der Waals surface area (Å²) < 4.78 is 10.5. The van der Waals surface area contributed by atoms with Crippen molar-refractivity contribution in [1.29, 1.82) is 0 Å². The minimum Gasteiger partial charge on any atom is -0.462 e. The molecule has 0 aromatic rings. The summed E-state index contributed by atoms with van der Waals surface area (Å²) in [6, 6.07) is 0. The van der Waals surface area contributed by atoms with Crippen LogP contribution in [0.15, 0.2) is 109 Å². The lowest BCUT2D eigenvalue weighted by Gasteiger charge is -2.15. The Kier molecular flexibility index (Phi) is 37.2. The summed E-state index contributed by atoms with van der Waals surface area (Å²) in [7, 11) is 0. The summed E-state index contributed by atoms with van der Waals surface area (Å²) in [5, 5.41) is 9.53. The van der Waals surface area contributed by atoms with Crippen LogP contribution in [0, 0.1) is 0 Å². The number of allylic oxidation sites excluding steroid dienone is 18. The lowest BCUT2D eigenvalue weighted by Crippen LogP contribution is -2.28. The molecule has 0 radical (unpaired) electrons. The molecule has 0 saturated carbocycles. The van der Waals surface area contributed by atoms with Crippen molar-refractivity contribution >= 4 is 11.9 Å². The van der Waals surface area contributed by atoms with Crippen LogP contribution in [0.2, 0.25) is 0 Å². The molecule has 0 unspecified atom stereocenters. The van der Waals surface area contributed by atoms with Crippen LogP contribution in [-0.2, 0) is 19.1 Å². The highest BCUT2D eigenvalue weighted by Gasteiger charge is 2.15. The predicted octanol–water partition coefficient (Wildman–Crippen LogP) is 12.3. The Labute approximate surface area is 306 Å².